The number of nitrogens with zero attached hydrogens (tertiary/aromatic N) is 3. The summed E-state index contributed by atoms with van der Waals surface area (Å²) in [4.78, 5) is 10.8. The lowest BCUT2D eigenvalue weighted by molar-refractivity contribution is -0.118. The van der Waals surface area contributed by atoms with E-state index in [1.165, 1.54) is 70.6 Å². The lowest BCUT2D eigenvalue weighted by Crippen LogP contribution is -2.19. The highest BCUT2D eigenvalue weighted by atomic mass is 16.5. The lowest BCUT2D eigenvalue weighted by Gasteiger charge is -2.29. The van der Waals surface area contributed by atoms with Gasteiger partial charge in [0.05, 0.1) is 72.2 Å². The molecule has 0 saturated heterocycles. The van der Waals surface area contributed by atoms with Gasteiger partial charge < -0.3 is 23.7 Å². The maximum atomic E-state index is 10.8. The van der Waals surface area contributed by atoms with Crippen LogP contribution in [0.5, 0.6) is 0 Å². The Morgan fingerprint density at radius 3 is 1.81 bits per heavy atom. The average Bonchev–Trinajstić information content (AvgIpc) is 3.44. The van der Waals surface area contributed by atoms with Crippen LogP contribution in [-0.4, -0.2) is 80.2 Å². The molecule has 1 heterocycles. The summed E-state index contributed by atoms with van der Waals surface area (Å²) in [5, 5.41) is 8.18. The van der Waals surface area contributed by atoms with Crippen molar-refractivity contribution in [2.24, 2.45) is 5.41 Å². The summed E-state index contributed by atoms with van der Waals surface area (Å²) in [5.41, 5.74) is 1.18. The normalized spacial score (nSPS) is 12.6. The van der Waals surface area contributed by atoms with Gasteiger partial charge in [-0.1, -0.05) is 97.6 Å². The molecule has 0 fully saturated rings. The van der Waals surface area contributed by atoms with Gasteiger partial charge in [0, 0.05) is 13.0 Å². The zero-order chi connectivity index (χ0) is 31.9. The lowest BCUT2D eigenvalue weighted by atomic mass is 9.78. The Labute approximate surface area is 264 Å². The first-order valence-electron chi connectivity index (χ1n) is 17.2. The van der Waals surface area contributed by atoms with E-state index in [1.807, 2.05) is 6.20 Å². The van der Waals surface area contributed by atoms with Crippen LogP contribution < -0.4 is 0 Å². The second-order valence-corrected chi connectivity index (χ2v) is 11.8. The fourth-order valence-corrected chi connectivity index (χ4v) is 4.58. The fourth-order valence-electron chi connectivity index (χ4n) is 4.58. The summed E-state index contributed by atoms with van der Waals surface area (Å²) in [5.74, 6) is 0.132. The third-order valence-electron chi connectivity index (χ3n) is 7.31. The predicted octanol–water partition coefficient (Wildman–Crippen LogP) is 7.59. The number of carbonyl (C=O) groups excluding carboxylic acids is 1. The Kier molecular flexibility index (Phi) is 29.6. The van der Waals surface area contributed by atoms with Crippen LogP contribution in [0.3, 0.4) is 0 Å². The molecule has 0 aromatic carbocycles. The van der Waals surface area contributed by atoms with Gasteiger partial charge in [-0.3, -0.25) is 4.79 Å². The second kappa shape index (κ2) is 30.6. The van der Waals surface area contributed by atoms with Gasteiger partial charge in [0.15, 0.2) is 0 Å². The van der Waals surface area contributed by atoms with Gasteiger partial charge in [0.2, 0.25) is 0 Å². The highest BCUT2D eigenvalue weighted by Gasteiger charge is 2.22. The molecule has 254 valence electrons. The van der Waals surface area contributed by atoms with Crippen LogP contribution in [0, 0.1) is 5.41 Å². The molecule has 1 rings (SSSR count). The fraction of sp³-hybridized carbons (Fsp3) is 0.912. The van der Waals surface area contributed by atoms with Gasteiger partial charge in [0.25, 0.3) is 0 Å². The SMILES string of the molecule is CCCCC(C)(CCC)CCOCCOCCOCc1cn(CCOCCOCCC(C)=O)nn1.CCCCCCCC. The summed E-state index contributed by atoms with van der Waals surface area (Å²) in [6.45, 7) is 19.0. The van der Waals surface area contributed by atoms with Crippen molar-refractivity contribution in [3.05, 3.63) is 11.9 Å². The van der Waals surface area contributed by atoms with Crippen LogP contribution in [0.4, 0.5) is 0 Å². The van der Waals surface area contributed by atoms with E-state index in [0.717, 1.165) is 18.7 Å². The van der Waals surface area contributed by atoms with E-state index in [2.05, 4.69) is 44.9 Å². The second-order valence-electron chi connectivity index (χ2n) is 11.8. The summed E-state index contributed by atoms with van der Waals surface area (Å²) in [6, 6.07) is 0. The molecule has 43 heavy (non-hydrogen) atoms. The number of carbonyl (C=O) groups is 1. The molecule has 1 aromatic heterocycles. The smallest absolute Gasteiger partial charge is 0.132 e. The van der Waals surface area contributed by atoms with Crippen LogP contribution in [-0.2, 0) is 41.6 Å². The van der Waals surface area contributed by atoms with Crippen LogP contribution in [0.1, 0.15) is 131 Å². The van der Waals surface area contributed by atoms with Crippen molar-refractivity contribution in [1.82, 2.24) is 15.0 Å². The van der Waals surface area contributed by atoms with Crippen molar-refractivity contribution < 1.29 is 28.5 Å². The Bertz CT molecular complexity index is 727. The van der Waals surface area contributed by atoms with Crippen molar-refractivity contribution >= 4 is 5.78 Å². The first kappa shape index (κ1) is 41.6. The minimum atomic E-state index is 0.132. The van der Waals surface area contributed by atoms with Gasteiger partial charge in [-0.2, -0.15) is 0 Å². The zero-order valence-corrected chi connectivity index (χ0v) is 28.8. The topological polar surface area (TPSA) is 93.9 Å². The molecule has 0 aliphatic rings. The quantitative estimate of drug-likeness (QED) is 0.0819. The number of hydrogen-bond donors (Lipinski definition) is 0. The first-order chi connectivity index (χ1) is 20.9. The highest BCUT2D eigenvalue weighted by Crippen LogP contribution is 2.33. The van der Waals surface area contributed by atoms with Crippen LogP contribution in [0.15, 0.2) is 6.20 Å². The van der Waals surface area contributed by atoms with Gasteiger partial charge in [0.1, 0.15) is 11.5 Å². The molecule has 0 spiro atoms. The molecule has 9 nitrogen and oxygen atoms in total. The maximum absolute atomic E-state index is 10.8. The van der Waals surface area contributed by atoms with Crippen LogP contribution in [0.2, 0.25) is 0 Å². The Morgan fingerprint density at radius 1 is 0.674 bits per heavy atom. The summed E-state index contributed by atoms with van der Waals surface area (Å²) in [6.07, 6.45) is 18.2. The third-order valence-corrected chi connectivity index (χ3v) is 7.31. The molecule has 0 saturated carbocycles. The maximum Gasteiger partial charge on any atom is 0.132 e. The van der Waals surface area contributed by atoms with Gasteiger partial charge in [-0.25, -0.2) is 4.68 Å². The minimum absolute atomic E-state index is 0.132. The number of unbranched alkanes of at least 4 members (excludes halogenated alkanes) is 6. The number of aromatic nitrogens is 3. The summed E-state index contributed by atoms with van der Waals surface area (Å²) >= 11 is 0. The average molecular weight is 614 g/mol. The number of hydrogen-bond acceptors (Lipinski definition) is 8. The van der Waals surface area contributed by atoms with E-state index in [0.29, 0.717) is 77.8 Å². The van der Waals surface area contributed by atoms with Crippen molar-refractivity contribution in [3.8, 4) is 0 Å². The molecule has 1 unspecified atom stereocenters. The largest absolute Gasteiger partial charge is 0.379 e. The Balaban J connectivity index is 0.00000192. The van der Waals surface area contributed by atoms with Gasteiger partial charge in [-0.05, 0) is 31.6 Å². The van der Waals surface area contributed by atoms with E-state index in [-0.39, 0.29) is 5.78 Å². The molecule has 9 heteroatoms. The van der Waals surface area contributed by atoms with Crippen molar-refractivity contribution in [3.63, 3.8) is 0 Å². The van der Waals surface area contributed by atoms with Crippen molar-refractivity contribution in [2.75, 3.05) is 59.5 Å². The van der Waals surface area contributed by atoms with E-state index >= 15 is 0 Å². The number of rotatable bonds is 30. The third kappa shape index (κ3) is 27.9. The van der Waals surface area contributed by atoms with Gasteiger partial charge >= 0.3 is 0 Å². The standard InChI is InChI=1S/C26H49N3O6.C8H18/c1-5-7-10-26(4,9-6-2)11-14-32-17-19-34-20-21-35-23-25-22-29(28-27-25)12-15-33-18-16-31-13-8-24(3)30;1-3-5-7-8-6-4-2/h22H,5-21,23H2,1-4H3;3-8H2,1-2H3. The predicted molar refractivity (Wildman–Crippen MR) is 174 cm³/mol. The molecular weight excluding hydrogens is 546 g/mol. The molecule has 0 aliphatic heterocycles. The molecule has 0 bridgehead atoms. The molecule has 0 aliphatic carbocycles. The van der Waals surface area contributed by atoms with E-state index in [4.69, 9.17) is 23.7 Å². The first-order valence-corrected chi connectivity index (χ1v) is 17.2. The Morgan fingerprint density at radius 2 is 1.23 bits per heavy atom. The number of Topliss-reactive ketones (excluding diaryl/α,β-unsaturated/α-hetero) is 1. The molecule has 0 radical (unpaired) electrons. The van der Waals surface area contributed by atoms with Crippen molar-refractivity contribution in [1.29, 1.82) is 0 Å². The summed E-state index contributed by atoms with van der Waals surface area (Å²) < 4.78 is 29.6. The minimum Gasteiger partial charge on any atom is -0.379 e. The van der Waals surface area contributed by atoms with Crippen molar-refractivity contribution in [2.45, 2.75) is 138 Å². The van der Waals surface area contributed by atoms with Gasteiger partial charge in [-0.15, -0.1) is 5.10 Å². The molecule has 1 aromatic rings. The monoisotopic (exact) mass is 614 g/mol. The molecule has 0 N–H and O–H groups in total. The zero-order valence-electron chi connectivity index (χ0n) is 28.8. The Hall–Kier alpha value is -1.39. The van der Waals surface area contributed by atoms with Crippen LogP contribution >= 0.6 is 0 Å². The summed E-state index contributed by atoms with van der Waals surface area (Å²) in [7, 11) is 0. The van der Waals surface area contributed by atoms with Crippen LogP contribution in [0.25, 0.3) is 0 Å². The molecular formula is C34H67N3O6. The van der Waals surface area contributed by atoms with E-state index in [1.54, 1.807) is 11.6 Å². The van der Waals surface area contributed by atoms with E-state index in [9.17, 15) is 4.79 Å². The van der Waals surface area contributed by atoms with E-state index < -0.39 is 0 Å². The highest BCUT2D eigenvalue weighted by molar-refractivity contribution is 5.75. The molecule has 1 atom stereocenters. The molecule has 0 amide bonds. The number of ketones is 1. The number of ether oxygens (including phenoxy) is 5.